The van der Waals surface area contributed by atoms with Gasteiger partial charge < -0.3 is 10.0 Å². The normalized spacial score (nSPS) is 10.2. The van der Waals surface area contributed by atoms with E-state index in [-0.39, 0.29) is 5.75 Å². The number of nitrogens with zero attached hydrogens (tertiary/aromatic N) is 1. The van der Waals surface area contributed by atoms with Crippen LogP contribution in [0.5, 0.6) is 5.75 Å². The summed E-state index contributed by atoms with van der Waals surface area (Å²) in [6.07, 6.45) is 1.54. The molecule has 16 heavy (non-hydrogen) atoms. The van der Waals surface area contributed by atoms with E-state index in [2.05, 4.69) is 4.90 Å². The van der Waals surface area contributed by atoms with Crippen molar-refractivity contribution >= 4 is 12.0 Å². The molecule has 0 aliphatic rings. The highest BCUT2D eigenvalue weighted by atomic mass is 16.3. The summed E-state index contributed by atoms with van der Waals surface area (Å²) in [5.41, 5.74) is 2.24. The number of aromatic hydroxyl groups is 1. The maximum Gasteiger partial charge on any atom is 0.153 e. The summed E-state index contributed by atoms with van der Waals surface area (Å²) < 4.78 is 0. The molecule has 1 rings (SSSR count). The van der Waals surface area contributed by atoms with Crippen LogP contribution in [0.25, 0.3) is 0 Å². The van der Waals surface area contributed by atoms with Gasteiger partial charge in [-0.25, -0.2) is 0 Å². The van der Waals surface area contributed by atoms with E-state index in [1.54, 1.807) is 6.07 Å². The average Bonchev–Trinajstić information content (AvgIpc) is 2.32. The van der Waals surface area contributed by atoms with Gasteiger partial charge in [0.15, 0.2) is 6.29 Å². The summed E-state index contributed by atoms with van der Waals surface area (Å²) in [5, 5.41) is 10.1. The lowest BCUT2D eigenvalue weighted by Gasteiger charge is -2.25. The fraction of sp³-hybridized carbons (Fsp3) is 0.462. The van der Waals surface area contributed by atoms with Crippen LogP contribution in [-0.2, 0) is 6.42 Å². The Morgan fingerprint density at radius 2 is 1.88 bits per heavy atom. The van der Waals surface area contributed by atoms with Gasteiger partial charge in [0.05, 0.1) is 11.3 Å². The third-order valence-corrected chi connectivity index (χ3v) is 2.85. The van der Waals surface area contributed by atoms with Crippen molar-refractivity contribution in [2.45, 2.75) is 27.2 Å². The zero-order valence-electron chi connectivity index (χ0n) is 10.2. The number of phenols is 1. The van der Waals surface area contributed by atoms with E-state index >= 15 is 0 Å². The van der Waals surface area contributed by atoms with E-state index in [0.29, 0.717) is 11.8 Å². The lowest BCUT2D eigenvalue weighted by Crippen LogP contribution is -2.23. The molecule has 0 heterocycles. The number of anilines is 1. The van der Waals surface area contributed by atoms with Crippen molar-refractivity contribution in [2.24, 2.45) is 0 Å². The molecule has 0 saturated carbocycles. The number of hydrogen-bond acceptors (Lipinski definition) is 3. The molecular formula is C13H19NO2. The first-order chi connectivity index (χ1) is 7.69. The van der Waals surface area contributed by atoms with E-state index < -0.39 is 0 Å². The summed E-state index contributed by atoms with van der Waals surface area (Å²) >= 11 is 0. The zero-order valence-corrected chi connectivity index (χ0v) is 10.2. The molecule has 0 saturated heterocycles. The summed E-state index contributed by atoms with van der Waals surface area (Å²) in [4.78, 5) is 12.9. The number of rotatable bonds is 5. The molecule has 0 amide bonds. The van der Waals surface area contributed by atoms with E-state index in [4.69, 9.17) is 0 Å². The number of aldehydes is 1. The van der Waals surface area contributed by atoms with Crippen LogP contribution in [0.4, 0.5) is 5.69 Å². The second-order valence-electron chi connectivity index (χ2n) is 3.65. The molecule has 3 heteroatoms. The Morgan fingerprint density at radius 1 is 1.25 bits per heavy atom. The van der Waals surface area contributed by atoms with Crippen molar-refractivity contribution in [3.05, 3.63) is 23.3 Å². The number of carbonyl (C=O) groups excluding carboxylic acids is 1. The minimum Gasteiger partial charge on any atom is -0.505 e. The molecule has 1 aromatic carbocycles. The first kappa shape index (κ1) is 12.6. The third-order valence-electron chi connectivity index (χ3n) is 2.85. The van der Waals surface area contributed by atoms with Crippen LogP contribution >= 0.6 is 0 Å². The Morgan fingerprint density at radius 3 is 2.31 bits per heavy atom. The Kier molecular flexibility index (Phi) is 4.35. The van der Waals surface area contributed by atoms with Gasteiger partial charge in [-0.2, -0.15) is 0 Å². The van der Waals surface area contributed by atoms with Crippen LogP contribution in [0.15, 0.2) is 12.1 Å². The molecule has 0 spiro atoms. The topological polar surface area (TPSA) is 40.5 Å². The van der Waals surface area contributed by atoms with Crippen LogP contribution < -0.4 is 4.90 Å². The molecule has 0 radical (unpaired) electrons. The Hall–Kier alpha value is -1.51. The van der Waals surface area contributed by atoms with Crippen LogP contribution in [0.3, 0.4) is 0 Å². The van der Waals surface area contributed by atoms with Crippen molar-refractivity contribution in [2.75, 3.05) is 18.0 Å². The Labute approximate surface area is 96.7 Å². The minimum absolute atomic E-state index is 0.109. The second-order valence-corrected chi connectivity index (χ2v) is 3.65. The van der Waals surface area contributed by atoms with Crippen LogP contribution in [0.2, 0.25) is 0 Å². The monoisotopic (exact) mass is 221 g/mol. The highest BCUT2D eigenvalue weighted by Crippen LogP contribution is 2.34. The summed E-state index contributed by atoms with van der Waals surface area (Å²) in [5.74, 6) is 0.109. The molecule has 1 N–H and O–H groups in total. The van der Waals surface area contributed by atoms with Crippen molar-refractivity contribution in [3.63, 3.8) is 0 Å². The molecule has 0 aliphatic carbocycles. The van der Waals surface area contributed by atoms with Crippen LogP contribution in [0, 0.1) is 0 Å². The van der Waals surface area contributed by atoms with Crippen molar-refractivity contribution in [1.82, 2.24) is 0 Å². The van der Waals surface area contributed by atoms with Crippen molar-refractivity contribution < 1.29 is 9.90 Å². The predicted octanol–water partition coefficient (Wildman–Crippen LogP) is 2.61. The fourth-order valence-corrected chi connectivity index (χ4v) is 1.91. The number of benzene rings is 1. The molecule has 1 aromatic rings. The molecule has 0 aliphatic heterocycles. The third kappa shape index (κ3) is 2.18. The quantitative estimate of drug-likeness (QED) is 0.777. The van der Waals surface area contributed by atoms with E-state index in [9.17, 15) is 9.90 Å². The van der Waals surface area contributed by atoms with Crippen LogP contribution in [0.1, 0.15) is 36.7 Å². The van der Waals surface area contributed by atoms with Crippen LogP contribution in [-0.4, -0.2) is 24.5 Å². The van der Waals surface area contributed by atoms with Gasteiger partial charge in [-0.1, -0.05) is 13.0 Å². The summed E-state index contributed by atoms with van der Waals surface area (Å²) in [7, 11) is 0. The van der Waals surface area contributed by atoms with Gasteiger partial charge in [0.25, 0.3) is 0 Å². The smallest absolute Gasteiger partial charge is 0.153 e. The zero-order chi connectivity index (χ0) is 12.1. The van der Waals surface area contributed by atoms with Gasteiger partial charge in [-0.3, -0.25) is 4.79 Å². The molecule has 0 atom stereocenters. The maximum atomic E-state index is 10.8. The predicted molar refractivity (Wildman–Crippen MR) is 66.4 cm³/mol. The Bertz CT molecular complexity index is 370. The van der Waals surface area contributed by atoms with Gasteiger partial charge in [0.2, 0.25) is 0 Å². The van der Waals surface area contributed by atoms with E-state index in [0.717, 1.165) is 30.8 Å². The van der Waals surface area contributed by atoms with E-state index in [1.807, 2.05) is 26.8 Å². The molecule has 0 unspecified atom stereocenters. The van der Waals surface area contributed by atoms with E-state index in [1.165, 1.54) is 0 Å². The van der Waals surface area contributed by atoms with Gasteiger partial charge >= 0.3 is 0 Å². The summed E-state index contributed by atoms with van der Waals surface area (Å²) in [6, 6.07) is 3.59. The molecule has 88 valence electrons. The lowest BCUT2D eigenvalue weighted by molar-refractivity contribution is 0.112. The highest BCUT2D eigenvalue weighted by molar-refractivity contribution is 5.84. The largest absolute Gasteiger partial charge is 0.505 e. The maximum absolute atomic E-state index is 10.8. The fourth-order valence-electron chi connectivity index (χ4n) is 1.91. The number of carbonyl (C=O) groups is 1. The molecule has 0 bridgehead atoms. The number of phenolic OH excluding ortho intramolecular Hbond substituents is 1. The highest BCUT2D eigenvalue weighted by Gasteiger charge is 2.15. The first-order valence-corrected chi connectivity index (χ1v) is 5.74. The minimum atomic E-state index is 0.109. The first-order valence-electron chi connectivity index (χ1n) is 5.74. The van der Waals surface area contributed by atoms with Gasteiger partial charge in [-0.15, -0.1) is 0 Å². The molecule has 0 fully saturated rings. The van der Waals surface area contributed by atoms with Gasteiger partial charge in [0, 0.05) is 13.1 Å². The molecular weight excluding hydrogens is 202 g/mol. The van der Waals surface area contributed by atoms with Gasteiger partial charge in [-0.05, 0) is 31.9 Å². The standard InChI is InChI=1S/C13H19NO2/c1-4-10-7-8-11(9-15)13(16)12(10)14(5-2)6-3/h7-9,16H,4-6H2,1-3H3. The van der Waals surface area contributed by atoms with Crippen molar-refractivity contribution in [3.8, 4) is 5.75 Å². The average molecular weight is 221 g/mol. The molecule has 3 nitrogen and oxygen atoms in total. The van der Waals surface area contributed by atoms with Gasteiger partial charge in [0.1, 0.15) is 5.75 Å². The number of hydrogen-bond donors (Lipinski definition) is 1. The second kappa shape index (κ2) is 5.54. The van der Waals surface area contributed by atoms with Crippen molar-refractivity contribution in [1.29, 1.82) is 0 Å². The SMILES string of the molecule is CCc1ccc(C=O)c(O)c1N(CC)CC. The Balaban J connectivity index is 3.35. The molecule has 0 aromatic heterocycles. The lowest BCUT2D eigenvalue weighted by atomic mass is 10.0. The number of aryl methyl sites for hydroxylation is 1. The summed E-state index contributed by atoms with van der Waals surface area (Å²) in [6.45, 7) is 7.76.